The molecule has 0 heterocycles. The zero-order chi connectivity index (χ0) is 11.1. The van der Waals surface area contributed by atoms with E-state index in [1.807, 2.05) is 0 Å². The highest BCUT2D eigenvalue weighted by Crippen LogP contribution is 1.90. The molecule has 0 spiro atoms. The van der Waals surface area contributed by atoms with E-state index in [0.717, 1.165) is 39.0 Å². The highest BCUT2D eigenvalue weighted by atomic mass is 16.2. The van der Waals surface area contributed by atoms with Gasteiger partial charge in [0.25, 0.3) is 0 Å². The zero-order valence-corrected chi connectivity index (χ0v) is 8.63. The quantitative estimate of drug-likeness (QED) is 0.461. The minimum atomic E-state index is 0.250. The van der Waals surface area contributed by atoms with Gasteiger partial charge in [-0.25, -0.2) is 0 Å². The lowest BCUT2D eigenvalue weighted by Crippen LogP contribution is -2.19. The standard InChI is InChI=1S/C8H21N3.CO2/c9-5-2-1-3-7-11-8-4-6-10;2-1-3/h11H,1-10H2;. The predicted molar refractivity (Wildman–Crippen MR) is 54.5 cm³/mol. The van der Waals surface area contributed by atoms with E-state index >= 15 is 0 Å². The highest BCUT2D eigenvalue weighted by Gasteiger charge is 1.87. The monoisotopic (exact) mass is 203 g/mol. The van der Waals surface area contributed by atoms with Gasteiger partial charge >= 0.3 is 6.15 Å². The van der Waals surface area contributed by atoms with Gasteiger partial charge in [0.05, 0.1) is 0 Å². The third-order valence-electron chi connectivity index (χ3n) is 1.62. The van der Waals surface area contributed by atoms with Gasteiger partial charge in [-0.15, -0.1) is 0 Å². The number of hydrogen-bond acceptors (Lipinski definition) is 5. The molecule has 0 fully saturated rings. The first-order valence-corrected chi connectivity index (χ1v) is 4.93. The van der Waals surface area contributed by atoms with Crippen LogP contribution in [-0.2, 0) is 9.59 Å². The van der Waals surface area contributed by atoms with E-state index in [2.05, 4.69) is 5.32 Å². The maximum absolute atomic E-state index is 8.12. The Bertz CT molecular complexity index is 117. The maximum Gasteiger partial charge on any atom is 0.373 e. The number of unbranched alkanes of at least 4 members (excludes halogenated alkanes) is 2. The van der Waals surface area contributed by atoms with E-state index in [4.69, 9.17) is 21.1 Å². The van der Waals surface area contributed by atoms with Crippen molar-refractivity contribution in [3.8, 4) is 0 Å². The normalized spacial score (nSPS) is 8.71. The molecule has 0 saturated carbocycles. The van der Waals surface area contributed by atoms with E-state index in [0.29, 0.717) is 0 Å². The lowest BCUT2D eigenvalue weighted by atomic mass is 10.2. The molecule has 5 heteroatoms. The first-order valence-electron chi connectivity index (χ1n) is 4.93. The summed E-state index contributed by atoms with van der Waals surface area (Å²) < 4.78 is 0. The second-order valence-electron chi connectivity index (χ2n) is 2.82. The maximum atomic E-state index is 8.12. The van der Waals surface area contributed by atoms with Crippen molar-refractivity contribution in [2.75, 3.05) is 26.2 Å². The minimum Gasteiger partial charge on any atom is -0.330 e. The Balaban J connectivity index is 0. The molecular formula is C9H21N3O2. The van der Waals surface area contributed by atoms with Gasteiger partial charge in [0.15, 0.2) is 0 Å². The molecule has 0 aliphatic rings. The fourth-order valence-electron chi connectivity index (χ4n) is 0.923. The number of carbonyl (C=O) groups excluding carboxylic acids is 2. The molecular weight excluding hydrogens is 182 g/mol. The Morgan fingerprint density at radius 3 is 1.86 bits per heavy atom. The van der Waals surface area contributed by atoms with E-state index < -0.39 is 0 Å². The molecule has 0 unspecified atom stereocenters. The molecule has 0 aromatic carbocycles. The van der Waals surface area contributed by atoms with Crippen molar-refractivity contribution in [2.24, 2.45) is 11.5 Å². The van der Waals surface area contributed by atoms with Gasteiger partial charge in [-0.05, 0) is 45.4 Å². The topological polar surface area (TPSA) is 98.2 Å². The Kier molecular flexibility index (Phi) is 20.4. The molecule has 0 radical (unpaired) electrons. The van der Waals surface area contributed by atoms with Crippen molar-refractivity contribution in [3.05, 3.63) is 0 Å². The van der Waals surface area contributed by atoms with Gasteiger partial charge in [-0.2, -0.15) is 9.59 Å². The van der Waals surface area contributed by atoms with Crippen LogP contribution in [0.4, 0.5) is 0 Å². The fraction of sp³-hybridized carbons (Fsp3) is 0.889. The molecule has 5 N–H and O–H groups in total. The van der Waals surface area contributed by atoms with Crippen molar-refractivity contribution >= 4 is 6.15 Å². The second kappa shape index (κ2) is 18.1. The summed E-state index contributed by atoms with van der Waals surface area (Å²) in [7, 11) is 0. The smallest absolute Gasteiger partial charge is 0.330 e. The third-order valence-corrected chi connectivity index (χ3v) is 1.62. The fourth-order valence-corrected chi connectivity index (χ4v) is 0.923. The summed E-state index contributed by atoms with van der Waals surface area (Å²) in [6, 6.07) is 0. The van der Waals surface area contributed by atoms with Gasteiger partial charge in [0.1, 0.15) is 0 Å². The Labute approximate surface area is 85.2 Å². The summed E-state index contributed by atoms with van der Waals surface area (Å²) in [4.78, 5) is 16.2. The molecule has 14 heavy (non-hydrogen) atoms. The largest absolute Gasteiger partial charge is 0.373 e. The summed E-state index contributed by atoms with van der Waals surface area (Å²) in [6.07, 6.45) is 4.96. The molecule has 0 amide bonds. The van der Waals surface area contributed by atoms with Crippen molar-refractivity contribution < 1.29 is 9.59 Å². The number of nitrogens with two attached hydrogens (primary N) is 2. The molecule has 0 aliphatic carbocycles. The zero-order valence-electron chi connectivity index (χ0n) is 8.63. The minimum absolute atomic E-state index is 0.250. The highest BCUT2D eigenvalue weighted by molar-refractivity contribution is 5.20. The van der Waals surface area contributed by atoms with Crippen LogP contribution >= 0.6 is 0 Å². The SMILES string of the molecule is NCCCCCNCCCN.O=C=O. The first-order chi connectivity index (χ1) is 6.83. The van der Waals surface area contributed by atoms with Gasteiger partial charge in [-0.3, -0.25) is 0 Å². The van der Waals surface area contributed by atoms with E-state index in [-0.39, 0.29) is 6.15 Å². The van der Waals surface area contributed by atoms with Crippen LogP contribution in [0.1, 0.15) is 25.7 Å². The Hall–Kier alpha value is -0.740. The van der Waals surface area contributed by atoms with Crippen LogP contribution in [0.3, 0.4) is 0 Å². The number of rotatable bonds is 8. The second-order valence-corrected chi connectivity index (χ2v) is 2.82. The van der Waals surface area contributed by atoms with E-state index in [9.17, 15) is 0 Å². The molecule has 0 rings (SSSR count). The molecule has 0 aromatic rings. The van der Waals surface area contributed by atoms with Crippen molar-refractivity contribution in [1.82, 2.24) is 5.32 Å². The van der Waals surface area contributed by atoms with Gasteiger partial charge in [0, 0.05) is 0 Å². The Morgan fingerprint density at radius 1 is 0.857 bits per heavy atom. The van der Waals surface area contributed by atoms with Gasteiger partial charge in [-0.1, -0.05) is 6.42 Å². The van der Waals surface area contributed by atoms with Crippen LogP contribution in [0, 0.1) is 0 Å². The number of nitrogens with one attached hydrogen (secondary N) is 1. The van der Waals surface area contributed by atoms with Crippen molar-refractivity contribution in [1.29, 1.82) is 0 Å². The molecule has 0 atom stereocenters. The molecule has 0 aromatic heterocycles. The summed E-state index contributed by atoms with van der Waals surface area (Å²) in [5.74, 6) is 0. The molecule has 5 nitrogen and oxygen atoms in total. The summed E-state index contributed by atoms with van der Waals surface area (Å²) in [5, 5.41) is 3.32. The van der Waals surface area contributed by atoms with Gasteiger partial charge < -0.3 is 16.8 Å². The summed E-state index contributed by atoms with van der Waals surface area (Å²) in [5.41, 5.74) is 10.7. The van der Waals surface area contributed by atoms with Crippen molar-refractivity contribution in [3.63, 3.8) is 0 Å². The van der Waals surface area contributed by atoms with Crippen LogP contribution in [0.15, 0.2) is 0 Å². The molecule has 0 bridgehead atoms. The molecule has 0 saturated heterocycles. The number of hydrogen-bond donors (Lipinski definition) is 3. The third kappa shape index (κ3) is 22.5. The van der Waals surface area contributed by atoms with Crippen LogP contribution in [0.2, 0.25) is 0 Å². The Morgan fingerprint density at radius 2 is 1.36 bits per heavy atom. The van der Waals surface area contributed by atoms with Crippen LogP contribution in [0.5, 0.6) is 0 Å². The van der Waals surface area contributed by atoms with Crippen LogP contribution in [-0.4, -0.2) is 32.3 Å². The predicted octanol–water partition coefficient (Wildman–Crippen LogP) is -0.530. The van der Waals surface area contributed by atoms with Gasteiger partial charge in [0.2, 0.25) is 0 Å². The summed E-state index contributed by atoms with van der Waals surface area (Å²) in [6.45, 7) is 3.78. The van der Waals surface area contributed by atoms with Crippen LogP contribution in [0.25, 0.3) is 0 Å². The average molecular weight is 203 g/mol. The first kappa shape index (κ1) is 15.7. The van der Waals surface area contributed by atoms with Crippen LogP contribution < -0.4 is 16.8 Å². The molecule has 0 aliphatic heterocycles. The summed E-state index contributed by atoms with van der Waals surface area (Å²) >= 11 is 0. The van der Waals surface area contributed by atoms with E-state index in [1.165, 1.54) is 12.8 Å². The lowest BCUT2D eigenvalue weighted by Gasteiger charge is -2.02. The van der Waals surface area contributed by atoms with E-state index in [1.54, 1.807) is 0 Å². The molecule has 84 valence electrons. The van der Waals surface area contributed by atoms with Crippen molar-refractivity contribution in [2.45, 2.75) is 25.7 Å². The average Bonchev–Trinajstić information content (AvgIpc) is 2.18. The lowest BCUT2D eigenvalue weighted by molar-refractivity contribution is -0.191.